The topological polar surface area (TPSA) is 52.3 Å². The monoisotopic (exact) mass is 271 g/mol. The van der Waals surface area contributed by atoms with Gasteiger partial charge in [-0.2, -0.15) is 0 Å². The lowest BCUT2D eigenvalue weighted by atomic mass is 9.98. The Morgan fingerprint density at radius 3 is 2.13 bits per heavy atom. The molecule has 0 unspecified atom stereocenters. The van der Waals surface area contributed by atoms with Crippen LogP contribution in [0, 0.1) is 20.8 Å². The highest BCUT2D eigenvalue weighted by Gasteiger charge is 2.19. The van der Waals surface area contributed by atoms with Gasteiger partial charge in [0, 0.05) is 4.47 Å². The Hall–Kier alpha value is -1.03. The molecular formula is C11H14BrNO2. The van der Waals surface area contributed by atoms with Gasteiger partial charge in [0.1, 0.15) is 5.75 Å². The van der Waals surface area contributed by atoms with Crippen molar-refractivity contribution in [3.8, 4) is 5.75 Å². The predicted molar refractivity (Wildman–Crippen MR) is 63.4 cm³/mol. The predicted octanol–water partition coefficient (Wildman–Crippen LogP) is 2.48. The summed E-state index contributed by atoms with van der Waals surface area (Å²) in [7, 11) is 1.54. The molecule has 1 rings (SSSR count). The van der Waals surface area contributed by atoms with Crippen molar-refractivity contribution in [2.45, 2.75) is 20.8 Å². The number of nitrogens with two attached hydrogens (primary N) is 1. The first kappa shape index (κ1) is 12.0. The molecule has 4 heteroatoms. The maximum absolute atomic E-state index is 11.3. The number of ether oxygens (including phenoxy) is 1. The molecule has 1 aromatic rings. The largest absolute Gasteiger partial charge is 0.496 e. The molecule has 0 aliphatic carbocycles. The van der Waals surface area contributed by atoms with E-state index >= 15 is 0 Å². The van der Waals surface area contributed by atoms with Crippen molar-refractivity contribution < 1.29 is 9.53 Å². The Labute approximate surface area is 97.7 Å². The number of amides is 1. The molecule has 0 radical (unpaired) electrons. The third-order valence-corrected chi connectivity index (χ3v) is 3.80. The first-order valence-corrected chi connectivity index (χ1v) is 5.34. The summed E-state index contributed by atoms with van der Waals surface area (Å²) in [6, 6.07) is 0. The van der Waals surface area contributed by atoms with Crippen LogP contribution < -0.4 is 10.5 Å². The first-order valence-electron chi connectivity index (χ1n) is 4.54. The summed E-state index contributed by atoms with van der Waals surface area (Å²) in [5.41, 5.74) is 8.61. The minimum absolute atomic E-state index is 0.451. The number of primary amides is 1. The summed E-state index contributed by atoms with van der Waals surface area (Å²) >= 11 is 3.45. The Kier molecular flexibility index (Phi) is 3.39. The van der Waals surface area contributed by atoms with Crippen LogP contribution in [0.1, 0.15) is 27.0 Å². The van der Waals surface area contributed by atoms with Crippen LogP contribution in [-0.2, 0) is 0 Å². The Balaban J connectivity index is 3.70. The summed E-state index contributed by atoms with van der Waals surface area (Å²) in [6.07, 6.45) is 0. The summed E-state index contributed by atoms with van der Waals surface area (Å²) in [5, 5.41) is 0. The minimum Gasteiger partial charge on any atom is -0.496 e. The Morgan fingerprint density at radius 1 is 1.20 bits per heavy atom. The van der Waals surface area contributed by atoms with Crippen LogP contribution >= 0.6 is 15.9 Å². The standard InChI is InChI=1S/C11H14BrNO2/c1-5-6(2)10(15-4)8(11(13)14)7(3)9(5)12/h1-4H3,(H2,13,14). The van der Waals surface area contributed by atoms with Crippen LogP contribution in [0.4, 0.5) is 0 Å². The molecule has 0 heterocycles. The third kappa shape index (κ3) is 1.86. The molecule has 0 aliphatic rings. The number of carbonyl (C=O) groups is 1. The van der Waals surface area contributed by atoms with Gasteiger partial charge in [0.2, 0.25) is 0 Å². The van der Waals surface area contributed by atoms with Gasteiger partial charge in [-0.3, -0.25) is 4.79 Å². The second-order valence-corrected chi connectivity index (χ2v) is 4.25. The second-order valence-electron chi connectivity index (χ2n) is 3.46. The molecular weight excluding hydrogens is 258 g/mol. The van der Waals surface area contributed by atoms with E-state index in [0.29, 0.717) is 11.3 Å². The molecule has 15 heavy (non-hydrogen) atoms. The van der Waals surface area contributed by atoms with E-state index in [1.807, 2.05) is 20.8 Å². The van der Waals surface area contributed by atoms with Crippen LogP contribution in [0.5, 0.6) is 5.75 Å². The third-order valence-electron chi connectivity index (χ3n) is 2.61. The normalized spacial score (nSPS) is 10.2. The minimum atomic E-state index is -0.465. The van der Waals surface area contributed by atoms with Crippen LogP contribution in [0.3, 0.4) is 0 Å². The Bertz CT molecular complexity index is 427. The lowest BCUT2D eigenvalue weighted by molar-refractivity contribution is 0.0996. The van der Waals surface area contributed by atoms with E-state index in [1.54, 1.807) is 7.11 Å². The van der Waals surface area contributed by atoms with Crippen molar-refractivity contribution in [2.75, 3.05) is 7.11 Å². The summed E-state index contributed by atoms with van der Waals surface area (Å²) in [5.74, 6) is 0.105. The molecule has 82 valence electrons. The van der Waals surface area contributed by atoms with Crippen molar-refractivity contribution in [2.24, 2.45) is 5.73 Å². The fourth-order valence-corrected chi connectivity index (χ4v) is 2.13. The van der Waals surface area contributed by atoms with E-state index in [2.05, 4.69) is 15.9 Å². The van der Waals surface area contributed by atoms with Crippen molar-refractivity contribution >= 4 is 21.8 Å². The average molecular weight is 272 g/mol. The first-order chi connectivity index (χ1) is 6.91. The van der Waals surface area contributed by atoms with Gasteiger partial charge in [-0.1, -0.05) is 15.9 Å². The highest BCUT2D eigenvalue weighted by Crippen LogP contribution is 2.35. The number of hydrogen-bond donors (Lipinski definition) is 1. The number of halogens is 1. The number of carbonyl (C=O) groups excluding carboxylic acids is 1. The van der Waals surface area contributed by atoms with Gasteiger partial charge in [-0.05, 0) is 37.5 Å². The van der Waals surface area contributed by atoms with Crippen molar-refractivity contribution in [3.63, 3.8) is 0 Å². The summed E-state index contributed by atoms with van der Waals surface area (Å²) in [4.78, 5) is 11.3. The fourth-order valence-electron chi connectivity index (χ4n) is 1.64. The van der Waals surface area contributed by atoms with E-state index in [-0.39, 0.29) is 0 Å². The Morgan fingerprint density at radius 2 is 1.73 bits per heavy atom. The average Bonchev–Trinajstić information content (AvgIpc) is 2.19. The summed E-state index contributed by atoms with van der Waals surface area (Å²) < 4.78 is 6.14. The molecule has 0 atom stereocenters. The van der Waals surface area contributed by atoms with Gasteiger partial charge in [0.15, 0.2) is 0 Å². The molecule has 0 saturated heterocycles. The lowest BCUT2D eigenvalue weighted by Gasteiger charge is -2.16. The van der Waals surface area contributed by atoms with E-state index in [9.17, 15) is 4.79 Å². The van der Waals surface area contributed by atoms with Gasteiger partial charge in [0.25, 0.3) is 5.91 Å². The van der Waals surface area contributed by atoms with Gasteiger partial charge in [-0.25, -0.2) is 0 Å². The van der Waals surface area contributed by atoms with E-state index in [0.717, 1.165) is 21.2 Å². The van der Waals surface area contributed by atoms with Crippen molar-refractivity contribution in [1.82, 2.24) is 0 Å². The van der Waals surface area contributed by atoms with Gasteiger partial charge in [0.05, 0.1) is 12.7 Å². The SMILES string of the molecule is COc1c(C)c(C)c(Br)c(C)c1C(N)=O. The van der Waals surface area contributed by atoms with E-state index in [4.69, 9.17) is 10.5 Å². The van der Waals surface area contributed by atoms with Crippen LogP contribution in [0.25, 0.3) is 0 Å². The highest BCUT2D eigenvalue weighted by molar-refractivity contribution is 9.10. The maximum atomic E-state index is 11.3. The van der Waals surface area contributed by atoms with E-state index in [1.165, 1.54) is 0 Å². The van der Waals surface area contributed by atoms with Crippen LogP contribution in [0.15, 0.2) is 4.47 Å². The molecule has 0 aliphatic heterocycles. The number of hydrogen-bond acceptors (Lipinski definition) is 2. The van der Waals surface area contributed by atoms with Crippen molar-refractivity contribution in [1.29, 1.82) is 0 Å². The van der Waals surface area contributed by atoms with Crippen LogP contribution in [0.2, 0.25) is 0 Å². The molecule has 1 aromatic carbocycles. The zero-order valence-corrected chi connectivity index (χ0v) is 10.9. The molecule has 3 nitrogen and oxygen atoms in total. The van der Waals surface area contributed by atoms with Crippen LogP contribution in [-0.4, -0.2) is 13.0 Å². The molecule has 0 spiro atoms. The van der Waals surface area contributed by atoms with Gasteiger partial charge >= 0.3 is 0 Å². The van der Waals surface area contributed by atoms with Gasteiger partial charge < -0.3 is 10.5 Å². The summed E-state index contributed by atoms with van der Waals surface area (Å²) in [6.45, 7) is 5.73. The zero-order valence-electron chi connectivity index (χ0n) is 9.27. The van der Waals surface area contributed by atoms with Gasteiger partial charge in [-0.15, -0.1) is 0 Å². The molecule has 0 fully saturated rings. The molecule has 2 N–H and O–H groups in total. The lowest BCUT2D eigenvalue weighted by Crippen LogP contribution is -2.16. The maximum Gasteiger partial charge on any atom is 0.252 e. The second kappa shape index (κ2) is 4.23. The number of methoxy groups -OCH3 is 1. The highest BCUT2D eigenvalue weighted by atomic mass is 79.9. The smallest absolute Gasteiger partial charge is 0.252 e. The fraction of sp³-hybridized carbons (Fsp3) is 0.364. The molecule has 0 saturated carbocycles. The number of rotatable bonds is 2. The molecule has 0 bridgehead atoms. The zero-order chi connectivity index (χ0) is 11.7. The van der Waals surface area contributed by atoms with Crippen molar-refractivity contribution in [3.05, 3.63) is 26.7 Å². The quantitative estimate of drug-likeness (QED) is 0.899. The molecule has 0 aromatic heterocycles. The van der Waals surface area contributed by atoms with E-state index < -0.39 is 5.91 Å². The molecule has 1 amide bonds. The number of benzene rings is 1.